The van der Waals surface area contributed by atoms with Crippen molar-refractivity contribution in [3.8, 4) is 0 Å². The smallest absolute Gasteiger partial charge is 0.323 e. The van der Waals surface area contributed by atoms with Crippen LogP contribution in [0.2, 0.25) is 0 Å². The molecule has 3 fully saturated rings. The summed E-state index contributed by atoms with van der Waals surface area (Å²) in [6, 6.07) is 8.16. The molecule has 0 bridgehead atoms. The van der Waals surface area contributed by atoms with Crippen LogP contribution in [-0.2, 0) is 20.8 Å². The van der Waals surface area contributed by atoms with Crippen LogP contribution in [-0.4, -0.2) is 57.3 Å². The van der Waals surface area contributed by atoms with Crippen LogP contribution in [0.15, 0.2) is 30.3 Å². The SMILES string of the molecule is CC1(CCc2ccccc2)NC(=O)N(NC(=O)CN2C(=O)NC3(CCCC3)C2=O)C1=O. The van der Waals surface area contributed by atoms with Crippen LogP contribution in [0.25, 0.3) is 0 Å². The van der Waals surface area contributed by atoms with E-state index in [0.717, 1.165) is 23.3 Å². The number of carbonyl (C=O) groups is 5. The average molecular weight is 427 g/mol. The molecule has 1 saturated carbocycles. The fourth-order valence-electron chi connectivity index (χ4n) is 4.44. The quantitative estimate of drug-likeness (QED) is 0.579. The summed E-state index contributed by atoms with van der Waals surface area (Å²) in [4.78, 5) is 63.4. The molecule has 2 saturated heterocycles. The average Bonchev–Trinajstić information content (AvgIpc) is 3.37. The molecule has 7 amide bonds. The first-order chi connectivity index (χ1) is 14.7. The minimum absolute atomic E-state index is 0.351. The number of amides is 7. The largest absolute Gasteiger partial charge is 0.344 e. The van der Waals surface area contributed by atoms with Crippen molar-refractivity contribution in [3.63, 3.8) is 0 Å². The first-order valence-electron chi connectivity index (χ1n) is 10.4. The van der Waals surface area contributed by atoms with Crippen molar-refractivity contribution in [2.75, 3.05) is 6.54 Å². The number of carbonyl (C=O) groups excluding carboxylic acids is 5. The summed E-state index contributed by atoms with van der Waals surface area (Å²) in [7, 11) is 0. The zero-order valence-corrected chi connectivity index (χ0v) is 17.3. The number of benzene rings is 1. The molecule has 1 spiro atoms. The van der Waals surface area contributed by atoms with Gasteiger partial charge in [0.1, 0.15) is 17.6 Å². The molecular formula is C21H25N5O5. The monoisotopic (exact) mass is 427 g/mol. The van der Waals surface area contributed by atoms with E-state index in [2.05, 4.69) is 16.1 Å². The third-order valence-electron chi connectivity index (χ3n) is 6.26. The van der Waals surface area contributed by atoms with Crippen molar-refractivity contribution in [1.82, 2.24) is 26.0 Å². The van der Waals surface area contributed by atoms with Gasteiger partial charge in [0, 0.05) is 0 Å². The maximum atomic E-state index is 12.8. The van der Waals surface area contributed by atoms with Gasteiger partial charge < -0.3 is 10.6 Å². The highest BCUT2D eigenvalue weighted by Gasteiger charge is 2.53. The van der Waals surface area contributed by atoms with Crippen molar-refractivity contribution < 1.29 is 24.0 Å². The van der Waals surface area contributed by atoms with Gasteiger partial charge in [0.2, 0.25) is 0 Å². The minimum atomic E-state index is -1.17. The molecule has 2 heterocycles. The molecule has 10 heteroatoms. The van der Waals surface area contributed by atoms with E-state index < -0.39 is 47.4 Å². The lowest BCUT2D eigenvalue weighted by Crippen LogP contribution is -2.52. The van der Waals surface area contributed by atoms with Crippen molar-refractivity contribution in [2.24, 2.45) is 0 Å². The molecule has 1 atom stereocenters. The number of imide groups is 2. The zero-order chi connectivity index (χ0) is 22.2. The molecule has 1 aromatic rings. The van der Waals surface area contributed by atoms with Gasteiger partial charge in [-0.15, -0.1) is 0 Å². The first kappa shape index (κ1) is 20.8. The van der Waals surface area contributed by atoms with Crippen LogP contribution in [0.1, 0.15) is 44.6 Å². The maximum Gasteiger partial charge on any atom is 0.344 e. The second-order valence-electron chi connectivity index (χ2n) is 8.53. The number of hydrogen-bond donors (Lipinski definition) is 3. The third kappa shape index (κ3) is 3.73. The lowest BCUT2D eigenvalue weighted by molar-refractivity contribution is -0.140. The Morgan fingerprint density at radius 3 is 2.35 bits per heavy atom. The normalized spacial score (nSPS) is 24.7. The van der Waals surface area contributed by atoms with E-state index >= 15 is 0 Å². The Hall–Kier alpha value is -3.43. The Morgan fingerprint density at radius 1 is 1.00 bits per heavy atom. The lowest BCUT2D eigenvalue weighted by atomic mass is 9.93. The molecule has 31 heavy (non-hydrogen) atoms. The molecule has 1 aromatic carbocycles. The number of hydrogen-bond acceptors (Lipinski definition) is 5. The van der Waals surface area contributed by atoms with E-state index in [9.17, 15) is 24.0 Å². The van der Waals surface area contributed by atoms with E-state index in [-0.39, 0.29) is 0 Å². The number of aryl methyl sites for hydroxylation is 1. The van der Waals surface area contributed by atoms with E-state index in [4.69, 9.17) is 0 Å². The Morgan fingerprint density at radius 2 is 1.68 bits per heavy atom. The van der Waals surface area contributed by atoms with Gasteiger partial charge in [-0.1, -0.05) is 43.2 Å². The molecule has 1 aliphatic carbocycles. The molecule has 164 valence electrons. The third-order valence-corrected chi connectivity index (χ3v) is 6.26. The van der Waals surface area contributed by atoms with E-state index in [1.807, 2.05) is 30.3 Å². The molecule has 3 aliphatic rings. The summed E-state index contributed by atoms with van der Waals surface area (Å²) in [6.07, 6.45) is 3.66. The van der Waals surface area contributed by atoms with Gasteiger partial charge in [-0.25, -0.2) is 9.59 Å². The fraction of sp³-hybridized carbons (Fsp3) is 0.476. The summed E-state index contributed by atoms with van der Waals surface area (Å²) in [5.41, 5.74) is 1.16. The van der Waals surface area contributed by atoms with Crippen molar-refractivity contribution in [1.29, 1.82) is 0 Å². The van der Waals surface area contributed by atoms with Crippen LogP contribution in [0, 0.1) is 0 Å². The highest BCUT2D eigenvalue weighted by atomic mass is 16.2. The summed E-state index contributed by atoms with van der Waals surface area (Å²) in [5.74, 6) is -1.82. The molecule has 10 nitrogen and oxygen atoms in total. The predicted molar refractivity (Wildman–Crippen MR) is 108 cm³/mol. The Balaban J connectivity index is 1.37. The summed E-state index contributed by atoms with van der Waals surface area (Å²) < 4.78 is 0. The number of nitrogens with one attached hydrogen (secondary N) is 3. The highest BCUT2D eigenvalue weighted by molar-refractivity contribution is 6.10. The van der Waals surface area contributed by atoms with E-state index in [0.29, 0.717) is 30.7 Å². The van der Waals surface area contributed by atoms with Crippen molar-refractivity contribution >= 4 is 29.8 Å². The van der Waals surface area contributed by atoms with E-state index in [1.165, 1.54) is 0 Å². The number of hydrazine groups is 1. The van der Waals surface area contributed by atoms with Crippen LogP contribution in [0.5, 0.6) is 0 Å². The maximum absolute atomic E-state index is 12.8. The standard InChI is InChI=1S/C21H25N5O5/c1-20(12-9-14-7-3-2-4-8-14)16(28)26(19(31)22-20)24-15(27)13-25-17(29)21(23-18(25)30)10-5-6-11-21/h2-4,7-8H,5-6,9-13H2,1H3,(H,22,31)(H,23,30)(H,24,27). The Bertz CT molecular complexity index is 943. The summed E-state index contributed by atoms with van der Waals surface area (Å²) in [5, 5.41) is 5.93. The summed E-state index contributed by atoms with van der Waals surface area (Å²) >= 11 is 0. The van der Waals surface area contributed by atoms with Gasteiger partial charge in [-0.05, 0) is 38.2 Å². The number of nitrogens with zero attached hydrogens (tertiary/aromatic N) is 2. The number of urea groups is 2. The lowest BCUT2D eigenvalue weighted by Gasteiger charge is -2.22. The van der Waals surface area contributed by atoms with Crippen LogP contribution < -0.4 is 16.1 Å². The molecular weight excluding hydrogens is 402 g/mol. The highest BCUT2D eigenvalue weighted by Crippen LogP contribution is 2.34. The molecule has 3 N–H and O–H groups in total. The van der Waals surface area contributed by atoms with Gasteiger partial charge in [0.05, 0.1) is 0 Å². The van der Waals surface area contributed by atoms with Gasteiger partial charge in [-0.2, -0.15) is 5.01 Å². The molecule has 2 aliphatic heterocycles. The van der Waals surface area contributed by atoms with Crippen LogP contribution >= 0.6 is 0 Å². The Labute approximate surface area is 179 Å². The fourth-order valence-corrected chi connectivity index (χ4v) is 4.44. The van der Waals surface area contributed by atoms with Crippen molar-refractivity contribution in [3.05, 3.63) is 35.9 Å². The molecule has 4 rings (SSSR count). The van der Waals surface area contributed by atoms with Gasteiger partial charge in [0.15, 0.2) is 0 Å². The molecule has 1 unspecified atom stereocenters. The van der Waals surface area contributed by atoms with Crippen LogP contribution in [0.4, 0.5) is 9.59 Å². The summed E-state index contributed by atoms with van der Waals surface area (Å²) in [6.45, 7) is 1.04. The second kappa shape index (κ2) is 7.68. The number of rotatable bonds is 6. The van der Waals surface area contributed by atoms with E-state index in [1.54, 1.807) is 6.92 Å². The predicted octanol–water partition coefficient (Wildman–Crippen LogP) is 0.826. The van der Waals surface area contributed by atoms with Crippen LogP contribution in [0.3, 0.4) is 0 Å². The zero-order valence-electron chi connectivity index (χ0n) is 17.3. The first-order valence-corrected chi connectivity index (χ1v) is 10.4. The molecule has 0 aromatic heterocycles. The van der Waals surface area contributed by atoms with Crippen molar-refractivity contribution in [2.45, 2.75) is 56.5 Å². The Kier molecular flexibility index (Phi) is 5.16. The van der Waals surface area contributed by atoms with Gasteiger partial charge in [-0.3, -0.25) is 24.7 Å². The minimum Gasteiger partial charge on any atom is -0.323 e. The second-order valence-corrected chi connectivity index (χ2v) is 8.53. The van der Waals surface area contributed by atoms with Gasteiger partial charge in [0.25, 0.3) is 17.7 Å². The topological polar surface area (TPSA) is 128 Å². The molecule has 0 radical (unpaired) electrons. The van der Waals surface area contributed by atoms with Gasteiger partial charge >= 0.3 is 12.1 Å².